The van der Waals surface area contributed by atoms with E-state index >= 15 is 0 Å². The Labute approximate surface area is 97.5 Å². The predicted molar refractivity (Wildman–Crippen MR) is 59.4 cm³/mol. The van der Waals surface area contributed by atoms with Gasteiger partial charge in [0.05, 0.1) is 7.11 Å². The quantitative estimate of drug-likeness (QED) is 0.797. The van der Waals surface area contributed by atoms with Crippen LogP contribution in [0.25, 0.3) is 11.4 Å². The van der Waals surface area contributed by atoms with Gasteiger partial charge in [-0.15, -0.1) is 0 Å². The number of aryl methyl sites for hydroxylation is 1. The maximum absolute atomic E-state index is 5.76. The molecule has 0 aliphatic heterocycles. The molecule has 2 aromatic heterocycles. The van der Waals surface area contributed by atoms with Gasteiger partial charge >= 0.3 is 6.01 Å². The molecule has 5 nitrogen and oxygen atoms in total. The SMILES string of the molecule is COc1nc(Cl)nc(-c2ccnc(C)c2)n1. The van der Waals surface area contributed by atoms with Crippen LogP contribution in [0.4, 0.5) is 0 Å². The maximum atomic E-state index is 5.76. The van der Waals surface area contributed by atoms with Gasteiger partial charge in [0.25, 0.3) is 0 Å². The zero-order valence-electron chi connectivity index (χ0n) is 8.81. The van der Waals surface area contributed by atoms with E-state index in [4.69, 9.17) is 16.3 Å². The summed E-state index contributed by atoms with van der Waals surface area (Å²) in [4.78, 5) is 16.0. The van der Waals surface area contributed by atoms with E-state index in [2.05, 4.69) is 19.9 Å². The summed E-state index contributed by atoms with van der Waals surface area (Å²) >= 11 is 5.76. The Balaban J connectivity index is 2.51. The van der Waals surface area contributed by atoms with Crippen LogP contribution in [0.2, 0.25) is 5.28 Å². The van der Waals surface area contributed by atoms with E-state index in [1.54, 1.807) is 12.3 Å². The lowest BCUT2D eigenvalue weighted by molar-refractivity contribution is 0.379. The van der Waals surface area contributed by atoms with Gasteiger partial charge in [-0.3, -0.25) is 4.98 Å². The Morgan fingerprint density at radius 1 is 1.25 bits per heavy atom. The summed E-state index contributed by atoms with van der Waals surface area (Å²) in [5.74, 6) is 0.474. The van der Waals surface area contributed by atoms with Crippen LogP contribution >= 0.6 is 11.6 Å². The summed E-state index contributed by atoms with van der Waals surface area (Å²) in [7, 11) is 1.48. The molecule has 0 saturated heterocycles. The van der Waals surface area contributed by atoms with E-state index in [-0.39, 0.29) is 11.3 Å². The van der Waals surface area contributed by atoms with Crippen LogP contribution in [0.3, 0.4) is 0 Å². The molecule has 0 fully saturated rings. The van der Waals surface area contributed by atoms with Crippen molar-refractivity contribution in [2.45, 2.75) is 6.92 Å². The molecule has 2 heterocycles. The second kappa shape index (κ2) is 4.40. The summed E-state index contributed by atoms with van der Waals surface area (Å²) in [6, 6.07) is 3.87. The molecule has 0 aromatic carbocycles. The molecule has 0 amide bonds. The number of methoxy groups -OCH3 is 1. The highest BCUT2D eigenvalue weighted by Crippen LogP contribution is 2.18. The smallest absolute Gasteiger partial charge is 0.321 e. The molecule has 0 aliphatic carbocycles. The molecule has 0 N–H and O–H groups in total. The van der Waals surface area contributed by atoms with Gasteiger partial charge in [-0.25, -0.2) is 0 Å². The van der Waals surface area contributed by atoms with E-state index in [0.717, 1.165) is 11.3 Å². The van der Waals surface area contributed by atoms with Gasteiger partial charge in [-0.1, -0.05) is 0 Å². The van der Waals surface area contributed by atoms with Crippen LogP contribution in [-0.2, 0) is 0 Å². The van der Waals surface area contributed by atoms with Crippen LogP contribution in [0.1, 0.15) is 5.69 Å². The van der Waals surface area contributed by atoms with Crippen molar-refractivity contribution in [3.63, 3.8) is 0 Å². The van der Waals surface area contributed by atoms with Crippen molar-refractivity contribution in [3.8, 4) is 17.4 Å². The summed E-state index contributed by atoms with van der Waals surface area (Å²) in [5.41, 5.74) is 1.71. The first kappa shape index (κ1) is 10.8. The predicted octanol–water partition coefficient (Wildman–Crippen LogP) is 1.90. The normalized spacial score (nSPS) is 10.2. The molecular weight excluding hydrogens is 228 g/mol. The third-order valence-electron chi connectivity index (χ3n) is 1.93. The summed E-state index contributed by atoms with van der Waals surface area (Å²) in [6.07, 6.45) is 1.69. The lowest BCUT2D eigenvalue weighted by Crippen LogP contribution is -1.98. The summed E-state index contributed by atoms with van der Waals surface area (Å²) in [5, 5.41) is 0.108. The number of hydrogen-bond donors (Lipinski definition) is 0. The van der Waals surface area contributed by atoms with Crippen molar-refractivity contribution >= 4 is 11.6 Å². The largest absolute Gasteiger partial charge is 0.467 e. The van der Waals surface area contributed by atoms with Gasteiger partial charge in [0.15, 0.2) is 5.82 Å². The molecule has 0 atom stereocenters. The van der Waals surface area contributed by atoms with Crippen molar-refractivity contribution in [1.29, 1.82) is 0 Å². The van der Waals surface area contributed by atoms with E-state index in [0.29, 0.717) is 5.82 Å². The van der Waals surface area contributed by atoms with Crippen molar-refractivity contribution < 1.29 is 4.74 Å². The van der Waals surface area contributed by atoms with Gasteiger partial charge in [0.2, 0.25) is 5.28 Å². The van der Waals surface area contributed by atoms with Gasteiger partial charge in [0.1, 0.15) is 0 Å². The average Bonchev–Trinajstić information content (AvgIpc) is 2.28. The highest BCUT2D eigenvalue weighted by Gasteiger charge is 2.07. The molecule has 0 unspecified atom stereocenters. The molecular formula is C10H9ClN4O. The monoisotopic (exact) mass is 236 g/mol. The number of rotatable bonds is 2. The van der Waals surface area contributed by atoms with E-state index in [1.807, 2.05) is 13.0 Å². The molecule has 6 heteroatoms. The molecule has 0 saturated carbocycles. The number of ether oxygens (including phenoxy) is 1. The first-order valence-corrected chi connectivity index (χ1v) is 4.95. The number of aromatic nitrogens is 4. The van der Waals surface area contributed by atoms with Crippen molar-refractivity contribution in [2.24, 2.45) is 0 Å². The van der Waals surface area contributed by atoms with Gasteiger partial charge in [0, 0.05) is 17.5 Å². The molecule has 2 aromatic rings. The number of halogens is 1. The Bertz CT molecular complexity index is 518. The van der Waals surface area contributed by atoms with Crippen LogP contribution in [0, 0.1) is 6.92 Å². The third kappa shape index (κ3) is 2.25. The van der Waals surface area contributed by atoms with Crippen molar-refractivity contribution in [2.75, 3.05) is 7.11 Å². The van der Waals surface area contributed by atoms with E-state index in [9.17, 15) is 0 Å². The number of nitrogens with zero attached hydrogens (tertiary/aromatic N) is 4. The number of hydrogen-bond acceptors (Lipinski definition) is 5. The average molecular weight is 237 g/mol. The van der Waals surface area contributed by atoms with E-state index in [1.165, 1.54) is 7.11 Å². The summed E-state index contributed by atoms with van der Waals surface area (Å²) in [6.45, 7) is 1.89. The second-order valence-electron chi connectivity index (χ2n) is 3.10. The fourth-order valence-electron chi connectivity index (χ4n) is 1.24. The Morgan fingerprint density at radius 3 is 2.75 bits per heavy atom. The van der Waals surface area contributed by atoms with Crippen molar-refractivity contribution in [1.82, 2.24) is 19.9 Å². The first-order valence-electron chi connectivity index (χ1n) is 4.57. The van der Waals surface area contributed by atoms with Crippen LogP contribution < -0.4 is 4.74 Å². The summed E-state index contributed by atoms with van der Waals surface area (Å²) < 4.78 is 4.93. The Hall–Kier alpha value is -1.75. The molecule has 0 radical (unpaired) electrons. The highest BCUT2D eigenvalue weighted by atomic mass is 35.5. The molecule has 2 rings (SSSR count). The topological polar surface area (TPSA) is 60.8 Å². The first-order chi connectivity index (χ1) is 7.69. The Kier molecular flexibility index (Phi) is 2.96. The van der Waals surface area contributed by atoms with Crippen molar-refractivity contribution in [3.05, 3.63) is 29.3 Å². The fraction of sp³-hybridized carbons (Fsp3) is 0.200. The van der Waals surface area contributed by atoms with Gasteiger partial charge < -0.3 is 4.74 Å². The maximum Gasteiger partial charge on any atom is 0.321 e. The molecule has 0 spiro atoms. The van der Waals surface area contributed by atoms with Crippen LogP contribution in [0.5, 0.6) is 6.01 Å². The fourth-order valence-corrected chi connectivity index (χ4v) is 1.39. The lowest BCUT2D eigenvalue weighted by atomic mass is 10.2. The minimum atomic E-state index is 0.108. The van der Waals surface area contributed by atoms with Crippen LogP contribution in [0.15, 0.2) is 18.3 Å². The number of pyridine rings is 1. The molecule has 82 valence electrons. The standard InChI is InChI=1S/C10H9ClN4O/c1-6-5-7(3-4-12-6)8-13-9(11)15-10(14-8)16-2/h3-5H,1-2H3. The lowest BCUT2D eigenvalue weighted by Gasteiger charge is -2.03. The molecule has 16 heavy (non-hydrogen) atoms. The van der Waals surface area contributed by atoms with Gasteiger partial charge in [-0.2, -0.15) is 15.0 Å². The minimum Gasteiger partial charge on any atom is -0.467 e. The zero-order chi connectivity index (χ0) is 11.5. The van der Waals surface area contributed by atoms with E-state index < -0.39 is 0 Å². The Morgan fingerprint density at radius 2 is 2.06 bits per heavy atom. The van der Waals surface area contributed by atoms with Gasteiger partial charge in [-0.05, 0) is 30.7 Å². The van der Waals surface area contributed by atoms with Crippen LogP contribution in [-0.4, -0.2) is 27.0 Å². The molecule has 0 bridgehead atoms. The second-order valence-corrected chi connectivity index (χ2v) is 3.44. The zero-order valence-corrected chi connectivity index (χ0v) is 9.56. The minimum absolute atomic E-state index is 0.108. The third-order valence-corrected chi connectivity index (χ3v) is 2.09. The molecule has 0 aliphatic rings. The highest BCUT2D eigenvalue weighted by molar-refractivity contribution is 6.28.